The second-order valence-electron chi connectivity index (χ2n) is 5.62. The SMILES string of the molecule is O=C(NNC(=O)c1ccccc1O)c1ccc2c(c1)CCCC2. The maximum absolute atomic E-state index is 12.2. The Hall–Kier alpha value is -2.82. The van der Waals surface area contributed by atoms with Gasteiger partial charge in [0.25, 0.3) is 11.8 Å². The summed E-state index contributed by atoms with van der Waals surface area (Å²) < 4.78 is 0. The van der Waals surface area contributed by atoms with Crippen LogP contribution < -0.4 is 10.9 Å². The third kappa shape index (κ3) is 3.34. The lowest BCUT2D eigenvalue weighted by Gasteiger charge is -2.16. The molecule has 0 saturated carbocycles. The Bertz CT molecular complexity index is 756. The molecule has 0 radical (unpaired) electrons. The van der Waals surface area contributed by atoms with Crippen LogP contribution in [0.1, 0.15) is 44.7 Å². The van der Waals surface area contributed by atoms with E-state index in [2.05, 4.69) is 10.9 Å². The summed E-state index contributed by atoms with van der Waals surface area (Å²) in [6, 6.07) is 11.8. The maximum atomic E-state index is 12.2. The van der Waals surface area contributed by atoms with Crippen molar-refractivity contribution in [3.05, 3.63) is 64.7 Å². The number of hydrogen-bond donors (Lipinski definition) is 3. The number of benzene rings is 2. The van der Waals surface area contributed by atoms with Crippen molar-refractivity contribution in [3.8, 4) is 5.75 Å². The van der Waals surface area contributed by atoms with Crippen molar-refractivity contribution in [2.45, 2.75) is 25.7 Å². The Morgan fingerprint density at radius 1 is 0.870 bits per heavy atom. The average molecular weight is 310 g/mol. The molecule has 0 unspecified atom stereocenters. The molecule has 0 aromatic heterocycles. The summed E-state index contributed by atoms with van der Waals surface area (Å²) in [5.74, 6) is -1.07. The van der Waals surface area contributed by atoms with Crippen LogP contribution in [0.2, 0.25) is 0 Å². The number of carbonyl (C=O) groups excluding carboxylic acids is 2. The molecule has 3 N–H and O–H groups in total. The highest BCUT2D eigenvalue weighted by atomic mass is 16.3. The first kappa shape index (κ1) is 15.1. The zero-order valence-corrected chi connectivity index (χ0v) is 12.6. The number of hydrazine groups is 1. The lowest BCUT2D eigenvalue weighted by atomic mass is 9.90. The van der Waals surface area contributed by atoms with E-state index in [1.807, 2.05) is 12.1 Å². The smallest absolute Gasteiger partial charge is 0.273 e. The van der Waals surface area contributed by atoms with Gasteiger partial charge >= 0.3 is 0 Å². The Kier molecular flexibility index (Phi) is 4.28. The van der Waals surface area contributed by atoms with Crippen molar-refractivity contribution in [2.24, 2.45) is 0 Å². The summed E-state index contributed by atoms with van der Waals surface area (Å²) in [4.78, 5) is 24.1. The van der Waals surface area contributed by atoms with E-state index in [0.717, 1.165) is 19.3 Å². The summed E-state index contributed by atoms with van der Waals surface area (Å²) in [5.41, 5.74) is 7.83. The molecule has 5 heteroatoms. The van der Waals surface area contributed by atoms with E-state index in [-0.39, 0.29) is 17.2 Å². The zero-order valence-electron chi connectivity index (χ0n) is 12.6. The second-order valence-corrected chi connectivity index (χ2v) is 5.62. The van der Waals surface area contributed by atoms with Gasteiger partial charge in [0.2, 0.25) is 0 Å². The van der Waals surface area contributed by atoms with E-state index in [1.165, 1.54) is 29.7 Å². The highest BCUT2D eigenvalue weighted by molar-refractivity contribution is 6.00. The van der Waals surface area contributed by atoms with Gasteiger partial charge in [0.1, 0.15) is 5.75 Å². The number of nitrogens with one attached hydrogen (secondary N) is 2. The standard InChI is InChI=1S/C18H18N2O3/c21-16-8-4-3-7-15(16)18(23)20-19-17(22)14-10-9-12-5-1-2-6-13(12)11-14/h3-4,7-11,21H,1-2,5-6H2,(H,19,22)(H,20,23). The summed E-state index contributed by atoms with van der Waals surface area (Å²) >= 11 is 0. The molecule has 0 atom stereocenters. The number of aryl methyl sites for hydroxylation is 2. The molecule has 2 aromatic rings. The van der Waals surface area contributed by atoms with Crippen LogP contribution in [0.15, 0.2) is 42.5 Å². The fourth-order valence-corrected chi connectivity index (χ4v) is 2.79. The molecule has 2 aromatic carbocycles. The monoisotopic (exact) mass is 310 g/mol. The van der Waals surface area contributed by atoms with Crippen LogP contribution in [0.3, 0.4) is 0 Å². The molecule has 0 aliphatic heterocycles. The van der Waals surface area contributed by atoms with E-state index in [4.69, 9.17) is 0 Å². The summed E-state index contributed by atoms with van der Waals surface area (Å²) in [6.45, 7) is 0. The van der Waals surface area contributed by atoms with Crippen LogP contribution in [-0.2, 0) is 12.8 Å². The van der Waals surface area contributed by atoms with Gasteiger partial charge in [-0.15, -0.1) is 0 Å². The second kappa shape index (κ2) is 6.52. The van der Waals surface area contributed by atoms with Crippen LogP contribution in [0.4, 0.5) is 0 Å². The molecule has 1 aliphatic rings. The van der Waals surface area contributed by atoms with E-state index in [1.54, 1.807) is 18.2 Å². The lowest BCUT2D eigenvalue weighted by molar-refractivity contribution is 0.0845. The van der Waals surface area contributed by atoms with Gasteiger partial charge in [-0.1, -0.05) is 18.2 Å². The average Bonchev–Trinajstić information content (AvgIpc) is 2.59. The zero-order chi connectivity index (χ0) is 16.2. The molecule has 0 spiro atoms. The third-order valence-corrected chi connectivity index (χ3v) is 4.05. The predicted molar refractivity (Wildman–Crippen MR) is 86.1 cm³/mol. The molecule has 0 fully saturated rings. The Balaban J connectivity index is 1.66. The Labute approximate surface area is 134 Å². The molecule has 0 bridgehead atoms. The largest absolute Gasteiger partial charge is 0.507 e. The fourth-order valence-electron chi connectivity index (χ4n) is 2.79. The molecular weight excluding hydrogens is 292 g/mol. The predicted octanol–water partition coefficient (Wildman–Crippen LogP) is 2.35. The summed E-state index contributed by atoms with van der Waals surface area (Å²) in [5, 5.41) is 9.62. The number of rotatable bonds is 2. The normalized spacial score (nSPS) is 13.0. The van der Waals surface area contributed by atoms with Gasteiger partial charge in [0.05, 0.1) is 5.56 Å². The maximum Gasteiger partial charge on any atom is 0.273 e. The highest BCUT2D eigenvalue weighted by Crippen LogP contribution is 2.22. The van der Waals surface area contributed by atoms with Crippen molar-refractivity contribution >= 4 is 11.8 Å². The van der Waals surface area contributed by atoms with Gasteiger partial charge in [-0.3, -0.25) is 20.4 Å². The Morgan fingerprint density at radius 3 is 2.35 bits per heavy atom. The third-order valence-electron chi connectivity index (χ3n) is 4.05. The lowest BCUT2D eigenvalue weighted by Crippen LogP contribution is -2.41. The molecular formula is C18H18N2O3. The number of amides is 2. The highest BCUT2D eigenvalue weighted by Gasteiger charge is 2.14. The number of aromatic hydroxyl groups is 1. The van der Waals surface area contributed by atoms with Gasteiger partial charge < -0.3 is 5.11 Å². The van der Waals surface area contributed by atoms with E-state index < -0.39 is 5.91 Å². The number of carbonyl (C=O) groups is 2. The number of fused-ring (bicyclic) bond motifs is 1. The van der Waals surface area contributed by atoms with Gasteiger partial charge in [0, 0.05) is 5.56 Å². The number of hydrogen-bond acceptors (Lipinski definition) is 3. The van der Waals surface area contributed by atoms with Crippen molar-refractivity contribution < 1.29 is 14.7 Å². The van der Waals surface area contributed by atoms with Crippen molar-refractivity contribution in [1.82, 2.24) is 10.9 Å². The molecule has 1 aliphatic carbocycles. The van der Waals surface area contributed by atoms with Gasteiger partial charge in [-0.25, -0.2) is 0 Å². The van der Waals surface area contributed by atoms with E-state index in [0.29, 0.717) is 5.56 Å². The first-order valence-corrected chi connectivity index (χ1v) is 7.65. The topological polar surface area (TPSA) is 78.4 Å². The fraction of sp³-hybridized carbons (Fsp3) is 0.222. The molecule has 0 saturated heterocycles. The number of para-hydroxylation sites is 1. The Morgan fingerprint density at radius 2 is 1.57 bits per heavy atom. The number of phenols is 1. The molecule has 2 amide bonds. The van der Waals surface area contributed by atoms with Crippen LogP contribution in [0.25, 0.3) is 0 Å². The summed E-state index contributed by atoms with van der Waals surface area (Å²) in [7, 11) is 0. The molecule has 23 heavy (non-hydrogen) atoms. The molecule has 3 rings (SSSR count). The van der Waals surface area contributed by atoms with E-state index in [9.17, 15) is 14.7 Å². The van der Waals surface area contributed by atoms with Crippen molar-refractivity contribution in [1.29, 1.82) is 0 Å². The molecule has 5 nitrogen and oxygen atoms in total. The first-order chi connectivity index (χ1) is 11.1. The van der Waals surface area contributed by atoms with Crippen LogP contribution in [0, 0.1) is 0 Å². The molecule has 118 valence electrons. The minimum Gasteiger partial charge on any atom is -0.507 e. The number of phenolic OH excluding ortho intramolecular Hbond substituents is 1. The molecule has 0 heterocycles. The van der Waals surface area contributed by atoms with Crippen molar-refractivity contribution in [2.75, 3.05) is 0 Å². The quantitative estimate of drug-likeness (QED) is 0.745. The van der Waals surface area contributed by atoms with Crippen LogP contribution >= 0.6 is 0 Å². The van der Waals surface area contributed by atoms with Crippen LogP contribution in [0.5, 0.6) is 5.75 Å². The van der Waals surface area contributed by atoms with E-state index >= 15 is 0 Å². The van der Waals surface area contributed by atoms with Crippen LogP contribution in [-0.4, -0.2) is 16.9 Å². The minimum absolute atomic E-state index is 0.109. The van der Waals surface area contributed by atoms with Gasteiger partial charge in [-0.2, -0.15) is 0 Å². The summed E-state index contributed by atoms with van der Waals surface area (Å²) in [6.07, 6.45) is 4.37. The van der Waals surface area contributed by atoms with Gasteiger partial charge in [0.15, 0.2) is 0 Å². The first-order valence-electron chi connectivity index (χ1n) is 7.65. The van der Waals surface area contributed by atoms with Crippen molar-refractivity contribution in [3.63, 3.8) is 0 Å². The van der Waals surface area contributed by atoms with Gasteiger partial charge in [-0.05, 0) is 61.1 Å². The minimum atomic E-state index is -0.561.